The Balaban J connectivity index is 1.93. The van der Waals surface area contributed by atoms with Gasteiger partial charge in [-0.15, -0.1) is 0 Å². The fourth-order valence-electron chi connectivity index (χ4n) is 1.76. The van der Waals surface area contributed by atoms with E-state index in [0.717, 1.165) is 18.4 Å². The van der Waals surface area contributed by atoms with Crippen molar-refractivity contribution in [2.45, 2.75) is 18.9 Å². The molecular formula is C14H14ClNO3. The van der Waals surface area contributed by atoms with Crippen molar-refractivity contribution < 1.29 is 14.7 Å². The van der Waals surface area contributed by atoms with Crippen LogP contribution in [0.3, 0.4) is 0 Å². The van der Waals surface area contributed by atoms with Crippen molar-refractivity contribution in [3.63, 3.8) is 0 Å². The van der Waals surface area contributed by atoms with E-state index in [1.54, 1.807) is 30.3 Å². The molecule has 0 spiro atoms. The molecule has 1 aliphatic rings. The van der Waals surface area contributed by atoms with Crippen LogP contribution in [0.2, 0.25) is 5.02 Å². The largest absolute Gasteiger partial charge is 0.480 e. The van der Waals surface area contributed by atoms with Crippen molar-refractivity contribution in [2.75, 3.05) is 0 Å². The highest BCUT2D eigenvalue weighted by Gasteiger charge is 2.36. The van der Waals surface area contributed by atoms with Crippen LogP contribution >= 0.6 is 11.6 Å². The maximum Gasteiger partial charge on any atom is 0.326 e. The summed E-state index contributed by atoms with van der Waals surface area (Å²) in [6.45, 7) is 0. The number of nitrogens with one attached hydrogen (secondary N) is 1. The molecule has 2 N–H and O–H groups in total. The Morgan fingerprint density at radius 1 is 1.32 bits per heavy atom. The Morgan fingerprint density at radius 3 is 2.47 bits per heavy atom. The van der Waals surface area contributed by atoms with E-state index in [0.29, 0.717) is 5.02 Å². The normalized spacial score (nSPS) is 16.3. The number of carboxylic acid groups (broad SMARTS) is 1. The quantitative estimate of drug-likeness (QED) is 0.813. The highest BCUT2D eigenvalue weighted by Crippen LogP contribution is 2.32. The van der Waals surface area contributed by atoms with Crippen LogP contribution in [0.4, 0.5) is 0 Å². The van der Waals surface area contributed by atoms with Crippen molar-refractivity contribution in [1.82, 2.24) is 5.32 Å². The zero-order chi connectivity index (χ0) is 13.8. The molecular weight excluding hydrogens is 266 g/mol. The number of hydrogen-bond donors (Lipinski definition) is 2. The zero-order valence-electron chi connectivity index (χ0n) is 10.2. The highest BCUT2D eigenvalue weighted by molar-refractivity contribution is 6.30. The summed E-state index contributed by atoms with van der Waals surface area (Å²) in [6.07, 6.45) is 4.68. The summed E-state index contributed by atoms with van der Waals surface area (Å²) in [5.74, 6) is -1.30. The van der Waals surface area contributed by atoms with Gasteiger partial charge in [0.25, 0.3) is 0 Å². The van der Waals surface area contributed by atoms with Gasteiger partial charge in [-0.1, -0.05) is 23.7 Å². The molecule has 1 aromatic rings. The molecule has 1 fully saturated rings. The average Bonchev–Trinajstić information content (AvgIpc) is 3.19. The number of carbonyl (C=O) groups is 2. The third kappa shape index (κ3) is 4.10. The first-order chi connectivity index (χ1) is 9.06. The van der Waals surface area contributed by atoms with Gasteiger partial charge in [0, 0.05) is 11.1 Å². The lowest BCUT2D eigenvalue weighted by atomic mass is 10.2. The molecule has 5 heteroatoms. The molecule has 100 valence electrons. The number of carboxylic acids is 1. The van der Waals surface area contributed by atoms with Crippen molar-refractivity contribution in [1.29, 1.82) is 0 Å². The predicted molar refractivity (Wildman–Crippen MR) is 72.8 cm³/mol. The number of benzene rings is 1. The van der Waals surface area contributed by atoms with E-state index in [-0.39, 0.29) is 5.92 Å². The maximum absolute atomic E-state index is 11.6. The first-order valence-electron chi connectivity index (χ1n) is 6.03. The summed E-state index contributed by atoms with van der Waals surface area (Å²) in [7, 11) is 0. The van der Waals surface area contributed by atoms with Crippen LogP contribution in [0.25, 0.3) is 6.08 Å². The first kappa shape index (κ1) is 13.6. The molecule has 1 aliphatic carbocycles. The maximum atomic E-state index is 11.6. The highest BCUT2D eigenvalue weighted by atomic mass is 35.5. The molecule has 0 bridgehead atoms. The Kier molecular flexibility index (Phi) is 4.22. The number of amides is 1. The van der Waals surface area contributed by atoms with Gasteiger partial charge in [0.15, 0.2) is 0 Å². The SMILES string of the molecule is O=C(C=Cc1ccc(Cl)cc1)NC(C(=O)O)C1CC1. The van der Waals surface area contributed by atoms with Crippen LogP contribution in [0.5, 0.6) is 0 Å². The Morgan fingerprint density at radius 2 is 1.95 bits per heavy atom. The predicted octanol–water partition coefficient (Wildman–Crippen LogP) is 2.33. The van der Waals surface area contributed by atoms with Gasteiger partial charge in [-0.25, -0.2) is 4.79 Å². The molecule has 19 heavy (non-hydrogen) atoms. The summed E-state index contributed by atoms with van der Waals surface area (Å²) in [4.78, 5) is 22.6. The van der Waals surface area contributed by atoms with Gasteiger partial charge in [0.2, 0.25) is 5.91 Å². The van der Waals surface area contributed by atoms with Gasteiger partial charge in [0.05, 0.1) is 0 Å². The lowest BCUT2D eigenvalue weighted by molar-refractivity contribution is -0.141. The Labute approximate surface area is 116 Å². The molecule has 0 saturated heterocycles. The second-order valence-electron chi connectivity index (χ2n) is 4.55. The number of aliphatic carboxylic acids is 1. The smallest absolute Gasteiger partial charge is 0.326 e. The molecule has 1 unspecified atom stereocenters. The van der Waals surface area contributed by atoms with Crippen LogP contribution in [0.1, 0.15) is 18.4 Å². The first-order valence-corrected chi connectivity index (χ1v) is 6.41. The zero-order valence-corrected chi connectivity index (χ0v) is 10.9. The number of rotatable bonds is 5. The van der Waals surface area contributed by atoms with Gasteiger partial charge in [0.1, 0.15) is 6.04 Å². The van der Waals surface area contributed by atoms with Crippen LogP contribution in [0, 0.1) is 5.92 Å². The summed E-state index contributed by atoms with van der Waals surface area (Å²) in [5, 5.41) is 12.1. The third-order valence-corrected chi connectivity index (χ3v) is 3.21. The van der Waals surface area contributed by atoms with E-state index in [1.807, 2.05) is 0 Å². The second kappa shape index (κ2) is 5.89. The molecule has 2 rings (SSSR count). The molecule has 1 aromatic carbocycles. The van der Waals surface area contributed by atoms with Gasteiger partial charge in [-0.3, -0.25) is 4.79 Å². The average molecular weight is 280 g/mol. The summed E-state index contributed by atoms with van der Waals surface area (Å²) in [6, 6.07) is 6.23. The fraction of sp³-hybridized carbons (Fsp3) is 0.286. The molecule has 1 atom stereocenters. The van der Waals surface area contributed by atoms with E-state index in [4.69, 9.17) is 16.7 Å². The topological polar surface area (TPSA) is 66.4 Å². The number of carbonyl (C=O) groups excluding carboxylic acids is 1. The number of halogens is 1. The van der Waals surface area contributed by atoms with Crippen LogP contribution < -0.4 is 5.32 Å². The van der Waals surface area contributed by atoms with Gasteiger partial charge in [-0.2, -0.15) is 0 Å². The lowest BCUT2D eigenvalue weighted by Crippen LogP contribution is -2.41. The lowest BCUT2D eigenvalue weighted by Gasteiger charge is -2.11. The van der Waals surface area contributed by atoms with E-state index in [2.05, 4.69) is 5.32 Å². The summed E-state index contributed by atoms with van der Waals surface area (Å²) in [5.41, 5.74) is 0.831. The Bertz CT molecular complexity index is 506. The minimum absolute atomic E-state index is 0.0744. The third-order valence-electron chi connectivity index (χ3n) is 2.95. The van der Waals surface area contributed by atoms with E-state index in [1.165, 1.54) is 6.08 Å². The van der Waals surface area contributed by atoms with Crippen LogP contribution in [-0.2, 0) is 9.59 Å². The van der Waals surface area contributed by atoms with Crippen molar-refractivity contribution in [3.05, 3.63) is 40.9 Å². The van der Waals surface area contributed by atoms with E-state index < -0.39 is 17.9 Å². The molecule has 1 amide bonds. The molecule has 1 saturated carbocycles. The summed E-state index contributed by atoms with van der Waals surface area (Å²) < 4.78 is 0. The van der Waals surface area contributed by atoms with Gasteiger partial charge >= 0.3 is 5.97 Å². The van der Waals surface area contributed by atoms with E-state index >= 15 is 0 Å². The second-order valence-corrected chi connectivity index (χ2v) is 4.98. The van der Waals surface area contributed by atoms with Crippen molar-refractivity contribution >= 4 is 29.6 Å². The molecule has 0 aromatic heterocycles. The summed E-state index contributed by atoms with van der Waals surface area (Å²) >= 11 is 5.75. The van der Waals surface area contributed by atoms with Gasteiger partial charge < -0.3 is 10.4 Å². The minimum atomic E-state index is -0.976. The van der Waals surface area contributed by atoms with Crippen LogP contribution in [-0.4, -0.2) is 23.0 Å². The van der Waals surface area contributed by atoms with Gasteiger partial charge in [-0.05, 0) is 42.5 Å². The van der Waals surface area contributed by atoms with Crippen LogP contribution in [0.15, 0.2) is 30.3 Å². The monoisotopic (exact) mass is 279 g/mol. The standard InChI is InChI=1S/C14H14ClNO3/c15-11-6-1-9(2-7-11)3-8-12(17)16-13(14(18)19)10-4-5-10/h1-3,6-8,10,13H,4-5H2,(H,16,17)(H,18,19). The molecule has 4 nitrogen and oxygen atoms in total. The molecule has 0 aliphatic heterocycles. The Hall–Kier alpha value is -1.81. The van der Waals surface area contributed by atoms with Crippen molar-refractivity contribution in [2.24, 2.45) is 5.92 Å². The minimum Gasteiger partial charge on any atom is -0.480 e. The fourth-order valence-corrected chi connectivity index (χ4v) is 1.88. The van der Waals surface area contributed by atoms with Crippen molar-refractivity contribution in [3.8, 4) is 0 Å². The number of hydrogen-bond acceptors (Lipinski definition) is 2. The van der Waals surface area contributed by atoms with E-state index in [9.17, 15) is 9.59 Å². The molecule has 0 radical (unpaired) electrons. The molecule has 0 heterocycles.